The van der Waals surface area contributed by atoms with Crippen LogP contribution in [-0.4, -0.2) is 30.4 Å². The molecule has 0 aliphatic heterocycles. The minimum absolute atomic E-state index is 0. The lowest BCUT2D eigenvalue weighted by molar-refractivity contribution is -0.130. The molecule has 0 aliphatic carbocycles. The fraction of sp³-hybridized carbons (Fsp3) is 0.611. The van der Waals surface area contributed by atoms with Gasteiger partial charge in [0.15, 0.2) is 0 Å². The molecule has 1 rings (SSSR count). The van der Waals surface area contributed by atoms with Gasteiger partial charge in [0, 0.05) is 26.1 Å². The predicted octanol–water partition coefficient (Wildman–Crippen LogP) is 3.57. The highest BCUT2D eigenvalue weighted by atomic mass is 35.5. The van der Waals surface area contributed by atoms with Crippen LogP contribution in [0.4, 0.5) is 0 Å². The van der Waals surface area contributed by atoms with Crippen molar-refractivity contribution in [1.82, 2.24) is 4.90 Å². The minimum atomic E-state index is 0. The van der Waals surface area contributed by atoms with E-state index in [9.17, 15) is 4.79 Å². The van der Waals surface area contributed by atoms with E-state index in [-0.39, 0.29) is 24.4 Å². The third kappa shape index (κ3) is 7.81. The summed E-state index contributed by atoms with van der Waals surface area (Å²) in [7, 11) is 1.88. The number of hydrogen-bond donors (Lipinski definition) is 1. The first-order valence-electron chi connectivity index (χ1n) is 7.95. The Morgan fingerprint density at radius 2 is 1.82 bits per heavy atom. The molecule has 1 aromatic rings. The van der Waals surface area contributed by atoms with Crippen LogP contribution in [-0.2, 0) is 11.2 Å². The molecule has 0 spiro atoms. The molecule has 0 radical (unpaired) electrons. The Balaban J connectivity index is 0.00000441. The molecular formula is C18H31ClN2O. The topological polar surface area (TPSA) is 46.3 Å². The lowest BCUT2D eigenvalue weighted by atomic mass is 10.0. The second kappa shape index (κ2) is 10.6. The van der Waals surface area contributed by atoms with Crippen molar-refractivity contribution in [3.63, 3.8) is 0 Å². The maximum atomic E-state index is 12.1. The summed E-state index contributed by atoms with van der Waals surface area (Å²) in [5.41, 5.74) is 8.59. The zero-order valence-electron chi connectivity index (χ0n) is 14.3. The first kappa shape index (κ1) is 20.9. The number of carbonyl (C=O) groups is 1. The molecule has 1 aromatic carbocycles. The molecule has 126 valence electrons. The molecule has 0 aromatic heterocycles. The molecule has 4 heteroatoms. The van der Waals surface area contributed by atoms with Crippen LogP contribution in [0.25, 0.3) is 0 Å². The third-order valence-corrected chi connectivity index (χ3v) is 4.06. The van der Waals surface area contributed by atoms with Crippen LogP contribution in [0.3, 0.4) is 0 Å². The number of nitrogens with two attached hydrogens (primary N) is 1. The van der Waals surface area contributed by atoms with Gasteiger partial charge in [0.25, 0.3) is 0 Å². The minimum Gasteiger partial charge on any atom is -0.346 e. The van der Waals surface area contributed by atoms with Crippen LogP contribution in [0.5, 0.6) is 0 Å². The Morgan fingerprint density at radius 1 is 1.23 bits per heavy atom. The lowest BCUT2D eigenvalue weighted by Gasteiger charge is -2.21. The fourth-order valence-electron chi connectivity index (χ4n) is 2.19. The van der Waals surface area contributed by atoms with Crippen LogP contribution in [0.1, 0.15) is 44.2 Å². The largest absolute Gasteiger partial charge is 0.346 e. The van der Waals surface area contributed by atoms with Gasteiger partial charge in [0.1, 0.15) is 0 Å². The van der Waals surface area contributed by atoms with E-state index in [0.717, 1.165) is 25.8 Å². The van der Waals surface area contributed by atoms with E-state index in [0.29, 0.717) is 12.3 Å². The molecule has 1 unspecified atom stereocenters. The highest BCUT2D eigenvalue weighted by Crippen LogP contribution is 2.09. The molecule has 0 saturated carbocycles. The van der Waals surface area contributed by atoms with Crippen LogP contribution >= 0.6 is 12.4 Å². The summed E-state index contributed by atoms with van der Waals surface area (Å²) in [6, 6.07) is 8.71. The Labute approximate surface area is 141 Å². The Hall–Kier alpha value is -1.06. The van der Waals surface area contributed by atoms with Gasteiger partial charge < -0.3 is 10.6 Å². The Morgan fingerprint density at radius 3 is 2.36 bits per heavy atom. The van der Waals surface area contributed by atoms with Gasteiger partial charge in [-0.05, 0) is 37.7 Å². The van der Waals surface area contributed by atoms with Gasteiger partial charge in [-0.15, -0.1) is 12.4 Å². The molecule has 2 N–H and O–H groups in total. The van der Waals surface area contributed by atoms with Gasteiger partial charge in [-0.1, -0.05) is 43.7 Å². The zero-order chi connectivity index (χ0) is 15.8. The van der Waals surface area contributed by atoms with Crippen molar-refractivity contribution in [2.45, 2.75) is 52.5 Å². The summed E-state index contributed by atoms with van der Waals surface area (Å²) in [4.78, 5) is 13.9. The number of carbonyl (C=O) groups excluding carboxylic acids is 1. The average molecular weight is 327 g/mol. The van der Waals surface area contributed by atoms with Gasteiger partial charge in [-0.25, -0.2) is 0 Å². The van der Waals surface area contributed by atoms with Crippen molar-refractivity contribution >= 4 is 18.3 Å². The lowest BCUT2D eigenvalue weighted by Crippen LogP contribution is -2.34. The standard InChI is InChI=1S/C18H30N2O.ClH/c1-14(2)17(19)12-13-20(4)18(21)7-5-6-16-10-8-15(3)9-11-16;/h8-11,14,17H,5-7,12-13,19H2,1-4H3;1H. The molecular weight excluding hydrogens is 296 g/mol. The first-order valence-corrected chi connectivity index (χ1v) is 7.95. The SMILES string of the molecule is Cc1ccc(CCCC(=O)N(C)CCC(N)C(C)C)cc1.Cl. The van der Waals surface area contributed by atoms with Gasteiger partial charge in [-0.2, -0.15) is 0 Å². The summed E-state index contributed by atoms with van der Waals surface area (Å²) >= 11 is 0. The van der Waals surface area contributed by atoms with E-state index >= 15 is 0 Å². The van der Waals surface area contributed by atoms with Crippen molar-refractivity contribution in [3.05, 3.63) is 35.4 Å². The van der Waals surface area contributed by atoms with Crippen LogP contribution < -0.4 is 5.73 Å². The van der Waals surface area contributed by atoms with Crippen molar-refractivity contribution in [1.29, 1.82) is 0 Å². The van der Waals surface area contributed by atoms with Gasteiger partial charge in [0.2, 0.25) is 5.91 Å². The summed E-state index contributed by atoms with van der Waals surface area (Å²) in [5, 5.41) is 0. The maximum Gasteiger partial charge on any atom is 0.222 e. The molecule has 0 saturated heterocycles. The summed E-state index contributed by atoms with van der Waals surface area (Å²) in [6.45, 7) is 7.08. The van der Waals surface area contributed by atoms with Crippen molar-refractivity contribution < 1.29 is 4.79 Å². The van der Waals surface area contributed by atoms with Crippen LogP contribution in [0.15, 0.2) is 24.3 Å². The smallest absolute Gasteiger partial charge is 0.222 e. The number of benzene rings is 1. The summed E-state index contributed by atoms with van der Waals surface area (Å²) in [6.07, 6.45) is 3.35. The van der Waals surface area contributed by atoms with E-state index in [1.54, 1.807) is 0 Å². The number of hydrogen-bond acceptors (Lipinski definition) is 2. The normalized spacial score (nSPS) is 11.9. The van der Waals surface area contributed by atoms with Crippen molar-refractivity contribution in [3.8, 4) is 0 Å². The fourth-order valence-corrected chi connectivity index (χ4v) is 2.19. The van der Waals surface area contributed by atoms with E-state index in [1.165, 1.54) is 11.1 Å². The van der Waals surface area contributed by atoms with Gasteiger partial charge in [0.05, 0.1) is 0 Å². The predicted molar refractivity (Wildman–Crippen MR) is 96.4 cm³/mol. The highest BCUT2D eigenvalue weighted by Gasteiger charge is 2.12. The maximum absolute atomic E-state index is 12.1. The second-order valence-electron chi connectivity index (χ2n) is 6.35. The first-order chi connectivity index (χ1) is 9.90. The van der Waals surface area contributed by atoms with Crippen LogP contribution in [0.2, 0.25) is 0 Å². The monoisotopic (exact) mass is 326 g/mol. The number of aryl methyl sites for hydroxylation is 2. The number of rotatable bonds is 8. The van der Waals surface area contributed by atoms with E-state index < -0.39 is 0 Å². The third-order valence-electron chi connectivity index (χ3n) is 4.06. The van der Waals surface area contributed by atoms with Gasteiger partial charge >= 0.3 is 0 Å². The average Bonchev–Trinajstić information content (AvgIpc) is 2.46. The van der Waals surface area contributed by atoms with E-state index in [2.05, 4.69) is 45.0 Å². The summed E-state index contributed by atoms with van der Waals surface area (Å²) < 4.78 is 0. The molecule has 3 nitrogen and oxygen atoms in total. The van der Waals surface area contributed by atoms with E-state index in [4.69, 9.17) is 5.73 Å². The molecule has 0 bridgehead atoms. The number of halogens is 1. The summed E-state index contributed by atoms with van der Waals surface area (Å²) in [5.74, 6) is 0.688. The van der Waals surface area contributed by atoms with Crippen molar-refractivity contribution in [2.75, 3.05) is 13.6 Å². The molecule has 1 amide bonds. The molecule has 0 heterocycles. The quantitative estimate of drug-likeness (QED) is 0.793. The van der Waals surface area contributed by atoms with Crippen LogP contribution in [0, 0.1) is 12.8 Å². The molecule has 1 atom stereocenters. The molecule has 0 aliphatic rings. The second-order valence-corrected chi connectivity index (χ2v) is 6.35. The zero-order valence-corrected chi connectivity index (χ0v) is 15.2. The Kier molecular flexibility index (Phi) is 10.1. The Bertz CT molecular complexity index is 431. The van der Waals surface area contributed by atoms with Gasteiger partial charge in [-0.3, -0.25) is 4.79 Å². The molecule has 22 heavy (non-hydrogen) atoms. The number of nitrogens with zero attached hydrogens (tertiary/aromatic N) is 1. The molecule has 0 fully saturated rings. The van der Waals surface area contributed by atoms with Crippen molar-refractivity contribution in [2.24, 2.45) is 11.7 Å². The highest BCUT2D eigenvalue weighted by molar-refractivity contribution is 5.85. The van der Waals surface area contributed by atoms with E-state index in [1.807, 2.05) is 11.9 Å². The number of amides is 1.